The summed E-state index contributed by atoms with van der Waals surface area (Å²) in [6, 6.07) is 20.2. The second-order valence-electron chi connectivity index (χ2n) is 4.89. The van der Waals surface area contributed by atoms with Crippen LogP contribution in [0.5, 0.6) is 0 Å². The highest BCUT2D eigenvalue weighted by atomic mass is 127. The number of nitrogens with one attached hydrogen (secondary N) is 2. The van der Waals surface area contributed by atoms with Crippen molar-refractivity contribution in [3.8, 4) is 22.8 Å². The number of halogens is 2. The van der Waals surface area contributed by atoms with E-state index in [0.717, 1.165) is 30.2 Å². The Morgan fingerprint density at radius 3 is 1.25 bits per heavy atom. The second kappa shape index (κ2) is 8.43. The standard InChI is InChI=1S/2C9H7IN2/c2*10-8-6-11-9(12-8)7-4-2-1-3-5-7/h2*1-6H,(H,11,12). The maximum atomic E-state index is 4.22. The SMILES string of the molecule is Ic1cnc(-c2ccccc2)[nH]1.Ic1cnc(-c2ccccc2)[nH]1. The Bertz CT molecular complexity index is 810. The monoisotopic (exact) mass is 540 g/mol. The largest absolute Gasteiger partial charge is 0.333 e. The highest BCUT2D eigenvalue weighted by Gasteiger charge is 1.99. The van der Waals surface area contributed by atoms with E-state index in [-0.39, 0.29) is 0 Å². The molecular formula is C18H14I2N4. The van der Waals surface area contributed by atoms with Gasteiger partial charge in [-0.15, -0.1) is 0 Å². The molecule has 2 N–H and O–H groups in total. The molecule has 24 heavy (non-hydrogen) atoms. The Morgan fingerprint density at radius 1 is 0.583 bits per heavy atom. The molecule has 2 heterocycles. The van der Waals surface area contributed by atoms with Crippen LogP contribution in [0.15, 0.2) is 73.1 Å². The van der Waals surface area contributed by atoms with Crippen LogP contribution >= 0.6 is 45.2 Å². The Hall–Kier alpha value is -1.68. The van der Waals surface area contributed by atoms with Crippen molar-refractivity contribution in [2.45, 2.75) is 0 Å². The predicted octanol–water partition coefficient (Wildman–Crippen LogP) is 5.36. The quantitative estimate of drug-likeness (QED) is 0.337. The van der Waals surface area contributed by atoms with Gasteiger partial charge in [-0.2, -0.15) is 0 Å². The normalized spacial score (nSPS) is 10.1. The lowest BCUT2D eigenvalue weighted by atomic mass is 10.2. The Kier molecular flexibility index (Phi) is 6.02. The van der Waals surface area contributed by atoms with Gasteiger partial charge in [0.15, 0.2) is 0 Å². The number of benzene rings is 2. The summed E-state index contributed by atoms with van der Waals surface area (Å²) in [5.41, 5.74) is 2.25. The van der Waals surface area contributed by atoms with Crippen LogP contribution < -0.4 is 0 Å². The molecule has 0 saturated heterocycles. The number of H-pyrrole nitrogens is 2. The molecule has 0 aliphatic carbocycles. The van der Waals surface area contributed by atoms with Gasteiger partial charge in [0.25, 0.3) is 0 Å². The molecule has 2 aromatic heterocycles. The number of hydrogen-bond acceptors (Lipinski definition) is 2. The van der Waals surface area contributed by atoms with Crippen molar-refractivity contribution < 1.29 is 0 Å². The van der Waals surface area contributed by atoms with Crippen LogP contribution in [-0.4, -0.2) is 19.9 Å². The van der Waals surface area contributed by atoms with Crippen molar-refractivity contribution in [1.82, 2.24) is 19.9 Å². The Morgan fingerprint density at radius 2 is 0.958 bits per heavy atom. The van der Waals surface area contributed by atoms with E-state index in [1.54, 1.807) is 0 Å². The summed E-state index contributed by atoms with van der Waals surface area (Å²) < 4.78 is 2.12. The topological polar surface area (TPSA) is 57.4 Å². The molecule has 4 nitrogen and oxygen atoms in total. The third-order valence-corrected chi connectivity index (χ3v) is 4.28. The third-order valence-electron chi connectivity index (χ3n) is 3.18. The van der Waals surface area contributed by atoms with Gasteiger partial charge >= 0.3 is 0 Å². The summed E-state index contributed by atoms with van der Waals surface area (Å²) in [4.78, 5) is 14.8. The second-order valence-corrected chi connectivity index (χ2v) is 7.22. The molecule has 0 fully saturated rings. The predicted molar refractivity (Wildman–Crippen MR) is 113 cm³/mol. The highest BCUT2D eigenvalue weighted by Crippen LogP contribution is 2.15. The van der Waals surface area contributed by atoms with Crippen molar-refractivity contribution >= 4 is 45.2 Å². The van der Waals surface area contributed by atoms with Crippen LogP contribution in [0.1, 0.15) is 0 Å². The fourth-order valence-corrected chi connectivity index (χ4v) is 2.87. The molecule has 0 aliphatic rings. The Labute approximate surface area is 167 Å². The van der Waals surface area contributed by atoms with Gasteiger partial charge in [-0.1, -0.05) is 60.7 Å². The molecule has 4 aromatic rings. The molecule has 120 valence electrons. The van der Waals surface area contributed by atoms with E-state index in [1.807, 2.05) is 73.1 Å². The van der Waals surface area contributed by atoms with E-state index in [9.17, 15) is 0 Å². The van der Waals surface area contributed by atoms with Crippen LogP contribution in [0.4, 0.5) is 0 Å². The lowest BCUT2D eigenvalue weighted by Gasteiger charge is -1.93. The van der Waals surface area contributed by atoms with Gasteiger partial charge in [-0.3, -0.25) is 0 Å². The van der Waals surface area contributed by atoms with E-state index in [4.69, 9.17) is 0 Å². The molecule has 0 saturated carbocycles. The first kappa shape index (κ1) is 17.2. The summed E-state index contributed by atoms with van der Waals surface area (Å²) in [5.74, 6) is 1.86. The molecule has 0 radical (unpaired) electrons. The lowest BCUT2D eigenvalue weighted by Crippen LogP contribution is -1.78. The average Bonchev–Trinajstić information content (AvgIpc) is 3.26. The van der Waals surface area contributed by atoms with Crippen molar-refractivity contribution in [2.75, 3.05) is 0 Å². The molecule has 0 amide bonds. The first-order chi connectivity index (χ1) is 11.7. The summed E-state index contributed by atoms with van der Waals surface area (Å²) >= 11 is 4.42. The van der Waals surface area contributed by atoms with E-state index in [0.29, 0.717) is 0 Å². The van der Waals surface area contributed by atoms with E-state index in [1.165, 1.54) is 0 Å². The van der Waals surface area contributed by atoms with Crippen LogP contribution in [0.2, 0.25) is 0 Å². The number of aromatic amines is 2. The van der Waals surface area contributed by atoms with Gasteiger partial charge in [0, 0.05) is 11.1 Å². The molecule has 2 aromatic carbocycles. The van der Waals surface area contributed by atoms with Crippen molar-refractivity contribution in [2.24, 2.45) is 0 Å². The van der Waals surface area contributed by atoms with Crippen molar-refractivity contribution in [3.05, 3.63) is 80.5 Å². The minimum Gasteiger partial charge on any atom is -0.333 e. The maximum absolute atomic E-state index is 4.22. The smallest absolute Gasteiger partial charge is 0.138 e. The van der Waals surface area contributed by atoms with Gasteiger partial charge in [-0.25, -0.2) is 9.97 Å². The van der Waals surface area contributed by atoms with Crippen LogP contribution in [-0.2, 0) is 0 Å². The average molecular weight is 540 g/mol. The maximum Gasteiger partial charge on any atom is 0.138 e. The number of aromatic nitrogens is 4. The molecule has 0 aliphatic heterocycles. The van der Waals surface area contributed by atoms with E-state index < -0.39 is 0 Å². The van der Waals surface area contributed by atoms with E-state index in [2.05, 4.69) is 65.1 Å². The molecule has 0 spiro atoms. The van der Waals surface area contributed by atoms with Gasteiger partial charge in [-0.05, 0) is 45.2 Å². The zero-order chi connectivity index (χ0) is 16.8. The minimum absolute atomic E-state index is 0.931. The third kappa shape index (κ3) is 4.67. The number of imidazole rings is 2. The molecule has 0 unspecified atom stereocenters. The lowest BCUT2D eigenvalue weighted by molar-refractivity contribution is 1.30. The first-order valence-electron chi connectivity index (χ1n) is 7.24. The highest BCUT2D eigenvalue weighted by molar-refractivity contribution is 14.1. The molecule has 4 rings (SSSR count). The van der Waals surface area contributed by atoms with E-state index >= 15 is 0 Å². The fraction of sp³-hybridized carbons (Fsp3) is 0. The van der Waals surface area contributed by atoms with Gasteiger partial charge in [0.2, 0.25) is 0 Å². The van der Waals surface area contributed by atoms with Gasteiger partial charge in [0.1, 0.15) is 11.6 Å². The number of nitrogens with zero attached hydrogens (tertiary/aromatic N) is 2. The summed E-state index contributed by atoms with van der Waals surface area (Å²) in [5, 5.41) is 0. The minimum atomic E-state index is 0.931. The fourth-order valence-electron chi connectivity index (χ4n) is 2.08. The first-order valence-corrected chi connectivity index (χ1v) is 9.40. The number of rotatable bonds is 2. The van der Waals surface area contributed by atoms with Crippen LogP contribution in [0.3, 0.4) is 0 Å². The van der Waals surface area contributed by atoms with Gasteiger partial charge < -0.3 is 9.97 Å². The molecule has 0 atom stereocenters. The zero-order valence-electron chi connectivity index (χ0n) is 12.6. The van der Waals surface area contributed by atoms with Crippen molar-refractivity contribution in [1.29, 1.82) is 0 Å². The summed E-state index contributed by atoms with van der Waals surface area (Å²) in [6.45, 7) is 0. The summed E-state index contributed by atoms with van der Waals surface area (Å²) in [6.07, 6.45) is 3.64. The molecular weight excluding hydrogens is 526 g/mol. The van der Waals surface area contributed by atoms with Crippen LogP contribution in [0.25, 0.3) is 22.8 Å². The summed E-state index contributed by atoms with van der Waals surface area (Å²) in [7, 11) is 0. The number of hydrogen-bond donors (Lipinski definition) is 2. The van der Waals surface area contributed by atoms with Crippen LogP contribution in [0, 0.1) is 7.40 Å². The molecule has 0 bridgehead atoms. The van der Waals surface area contributed by atoms with Crippen molar-refractivity contribution in [3.63, 3.8) is 0 Å². The zero-order valence-corrected chi connectivity index (χ0v) is 16.9. The van der Waals surface area contributed by atoms with Gasteiger partial charge in [0.05, 0.1) is 19.8 Å². The molecule has 6 heteroatoms. The Balaban J connectivity index is 0.000000141.